The normalized spacial score (nSPS) is 14.9. The van der Waals surface area contributed by atoms with Crippen molar-refractivity contribution in [1.29, 1.82) is 0 Å². The van der Waals surface area contributed by atoms with Gasteiger partial charge in [0.05, 0.1) is 23.3 Å². The Morgan fingerprint density at radius 1 is 0.968 bits per heavy atom. The lowest BCUT2D eigenvalue weighted by molar-refractivity contribution is 0.0628. The minimum Gasteiger partial charge on any atom is -0.335 e. The second-order valence-corrected chi connectivity index (χ2v) is 8.60. The molecule has 0 atom stereocenters. The van der Waals surface area contributed by atoms with Gasteiger partial charge in [-0.1, -0.05) is 47.0 Å². The summed E-state index contributed by atoms with van der Waals surface area (Å²) in [6.45, 7) is 6.46. The van der Waals surface area contributed by atoms with Crippen molar-refractivity contribution in [3.8, 4) is 0 Å². The molecule has 8 heteroatoms. The fourth-order valence-corrected chi connectivity index (χ4v) is 4.69. The first-order valence-corrected chi connectivity index (χ1v) is 11.2. The van der Waals surface area contributed by atoms with Gasteiger partial charge in [0, 0.05) is 32.7 Å². The first-order valence-electron chi connectivity index (χ1n) is 10.5. The molecule has 0 radical (unpaired) electrons. The summed E-state index contributed by atoms with van der Waals surface area (Å²) in [7, 11) is 0. The highest BCUT2D eigenvalue weighted by Gasteiger charge is 2.26. The van der Waals surface area contributed by atoms with Crippen LogP contribution in [-0.4, -0.2) is 61.0 Å². The smallest absolute Gasteiger partial charge is 0.267 e. The molecule has 31 heavy (non-hydrogen) atoms. The van der Waals surface area contributed by atoms with E-state index >= 15 is 0 Å². The molecule has 0 aliphatic carbocycles. The van der Waals surface area contributed by atoms with E-state index < -0.39 is 0 Å². The van der Waals surface area contributed by atoms with Crippen molar-refractivity contribution in [2.24, 2.45) is 0 Å². The van der Waals surface area contributed by atoms with Crippen LogP contribution in [0.5, 0.6) is 0 Å². The van der Waals surface area contributed by atoms with Gasteiger partial charge < -0.3 is 9.47 Å². The Morgan fingerprint density at radius 2 is 1.71 bits per heavy atom. The molecule has 0 spiro atoms. The highest BCUT2D eigenvalue weighted by atomic mass is 32.1. The fraction of sp³-hybridized carbons (Fsp3) is 0.304. The maximum atomic E-state index is 12.7. The molecule has 1 saturated heterocycles. The summed E-state index contributed by atoms with van der Waals surface area (Å²) in [6, 6.07) is 18.8. The number of piperazine rings is 1. The number of hydrogen-bond acceptors (Lipinski definition) is 6. The summed E-state index contributed by atoms with van der Waals surface area (Å²) in [6.07, 6.45) is 0. The number of para-hydroxylation sites is 2. The number of benzene rings is 2. The maximum Gasteiger partial charge on any atom is 0.267 e. The molecule has 1 aliphatic rings. The van der Waals surface area contributed by atoms with Crippen molar-refractivity contribution in [3.05, 3.63) is 76.6 Å². The highest BCUT2D eigenvalue weighted by molar-refractivity contribution is 7.07. The van der Waals surface area contributed by atoms with Gasteiger partial charge in [0.2, 0.25) is 0 Å². The number of fused-ring (bicyclic) bond motifs is 1. The molecule has 2 aromatic carbocycles. The quantitative estimate of drug-likeness (QED) is 0.485. The second kappa shape index (κ2) is 8.56. The first-order chi connectivity index (χ1) is 15.2. The van der Waals surface area contributed by atoms with Crippen molar-refractivity contribution in [2.45, 2.75) is 20.0 Å². The molecule has 1 fully saturated rings. The summed E-state index contributed by atoms with van der Waals surface area (Å²) in [5.41, 5.74) is 4.15. The molecule has 0 N–H and O–H groups in total. The molecule has 5 rings (SSSR count). The van der Waals surface area contributed by atoms with Crippen molar-refractivity contribution in [1.82, 2.24) is 28.9 Å². The molecule has 7 nitrogen and oxygen atoms in total. The van der Waals surface area contributed by atoms with Crippen LogP contribution in [0.15, 0.2) is 54.6 Å². The average Bonchev–Trinajstić information content (AvgIpc) is 3.38. The number of amides is 1. The molecule has 3 heterocycles. The van der Waals surface area contributed by atoms with Crippen LogP contribution in [0.3, 0.4) is 0 Å². The maximum absolute atomic E-state index is 12.7. The zero-order valence-corrected chi connectivity index (χ0v) is 18.3. The van der Waals surface area contributed by atoms with Gasteiger partial charge in [0.25, 0.3) is 5.91 Å². The van der Waals surface area contributed by atoms with E-state index in [1.165, 1.54) is 17.1 Å². The third-order valence-electron chi connectivity index (χ3n) is 5.79. The number of aryl methyl sites for hydroxylation is 1. The Kier molecular flexibility index (Phi) is 5.48. The van der Waals surface area contributed by atoms with Crippen LogP contribution in [0.25, 0.3) is 11.0 Å². The lowest BCUT2D eigenvalue weighted by Crippen LogP contribution is -2.48. The highest BCUT2D eigenvalue weighted by Crippen LogP contribution is 2.20. The largest absolute Gasteiger partial charge is 0.335 e. The van der Waals surface area contributed by atoms with Crippen LogP contribution < -0.4 is 0 Å². The van der Waals surface area contributed by atoms with Crippen LogP contribution in [0.4, 0.5) is 0 Å². The van der Waals surface area contributed by atoms with E-state index in [9.17, 15) is 4.79 Å². The Hall–Kier alpha value is -3.10. The number of carbonyl (C=O) groups is 1. The topological polar surface area (TPSA) is 67.2 Å². The first kappa shape index (κ1) is 19.8. The minimum atomic E-state index is 0.0449. The fourth-order valence-electron chi connectivity index (χ4n) is 4.07. The van der Waals surface area contributed by atoms with Crippen molar-refractivity contribution < 1.29 is 4.79 Å². The number of rotatable bonds is 5. The summed E-state index contributed by atoms with van der Waals surface area (Å²) in [5.74, 6) is 1.11. The monoisotopic (exact) mass is 432 g/mol. The Morgan fingerprint density at radius 3 is 2.45 bits per heavy atom. The Bertz CT molecular complexity index is 1190. The lowest BCUT2D eigenvalue weighted by Gasteiger charge is -2.34. The van der Waals surface area contributed by atoms with E-state index in [4.69, 9.17) is 4.98 Å². The molecule has 1 aliphatic heterocycles. The van der Waals surface area contributed by atoms with E-state index in [0.29, 0.717) is 23.7 Å². The standard InChI is InChI=1S/C23H24N6OS/c1-17-22(31-26-25-17)23(30)28-13-11-27(12-14-28)16-21-24-19-9-5-6-10-20(19)29(21)15-18-7-3-2-4-8-18/h2-10H,11-16H2,1H3. The van der Waals surface area contributed by atoms with Crippen molar-refractivity contribution >= 4 is 28.5 Å². The van der Waals surface area contributed by atoms with Gasteiger partial charge in [-0.2, -0.15) is 0 Å². The van der Waals surface area contributed by atoms with Crippen molar-refractivity contribution in [2.75, 3.05) is 26.2 Å². The van der Waals surface area contributed by atoms with Gasteiger partial charge in [-0.05, 0) is 36.2 Å². The van der Waals surface area contributed by atoms with Gasteiger partial charge in [-0.3, -0.25) is 9.69 Å². The second-order valence-electron chi connectivity index (χ2n) is 7.84. The Balaban J connectivity index is 1.31. The van der Waals surface area contributed by atoms with Crippen molar-refractivity contribution in [3.63, 3.8) is 0 Å². The lowest BCUT2D eigenvalue weighted by atomic mass is 10.2. The number of carbonyl (C=O) groups excluding carboxylic acids is 1. The van der Waals surface area contributed by atoms with Gasteiger partial charge >= 0.3 is 0 Å². The third-order valence-corrected chi connectivity index (χ3v) is 6.60. The van der Waals surface area contributed by atoms with E-state index in [0.717, 1.165) is 43.0 Å². The number of nitrogens with zero attached hydrogens (tertiary/aromatic N) is 6. The summed E-state index contributed by atoms with van der Waals surface area (Å²) >= 11 is 1.18. The zero-order chi connectivity index (χ0) is 21.2. The predicted molar refractivity (Wildman–Crippen MR) is 121 cm³/mol. The van der Waals surface area contributed by atoms with Gasteiger partial charge in [-0.15, -0.1) is 5.10 Å². The SMILES string of the molecule is Cc1nnsc1C(=O)N1CCN(Cc2nc3ccccc3n2Cc2ccccc2)CC1. The molecule has 0 bridgehead atoms. The third kappa shape index (κ3) is 4.08. The average molecular weight is 433 g/mol. The van der Waals surface area contributed by atoms with E-state index in [2.05, 4.69) is 61.5 Å². The molecule has 4 aromatic rings. The van der Waals surface area contributed by atoms with Crippen LogP contribution in [0, 0.1) is 6.92 Å². The van der Waals surface area contributed by atoms with Crippen LogP contribution in [0.1, 0.15) is 26.8 Å². The number of imidazole rings is 1. The number of aromatic nitrogens is 4. The predicted octanol–water partition coefficient (Wildman–Crippen LogP) is 3.20. The summed E-state index contributed by atoms with van der Waals surface area (Å²) < 4.78 is 6.21. The van der Waals surface area contributed by atoms with E-state index in [-0.39, 0.29) is 5.91 Å². The van der Waals surface area contributed by atoms with E-state index in [1.807, 2.05) is 24.0 Å². The molecule has 2 aromatic heterocycles. The minimum absolute atomic E-state index is 0.0449. The van der Waals surface area contributed by atoms with Crippen LogP contribution in [-0.2, 0) is 13.1 Å². The molecule has 0 unspecified atom stereocenters. The zero-order valence-electron chi connectivity index (χ0n) is 17.4. The molecule has 1 amide bonds. The molecular weight excluding hydrogens is 408 g/mol. The summed E-state index contributed by atoms with van der Waals surface area (Å²) in [4.78, 5) is 22.6. The van der Waals surface area contributed by atoms with Gasteiger partial charge in [0.1, 0.15) is 10.7 Å². The molecular formula is C23H24N6OS. The molecule has 0 saturated carbocycles. The van der Waals surface area contributed by atoms with Gasteiger partial charge in [0.15, 0.2) is 0 Å². The number of hydrogen-bond donors (Lipinski definition) is 0. The Labute approximate surface area is 185 Å². The van der Waals surface area contributed by atoms with Gasteiger partial charge in [-0.25, -0.2) is 4.98 Å². The molecule has 158 valence electrons. The van der Waals surface area contributed by atoms with Crippen LogP contribution in [0.2, 0.25) is 0 Å². The summed E-state index contributed by atoms with van der Waals surface area (Å²) in [5, 5.41) is 3.97. The van der Waals surface area contributed by atoms with E-state index in [1.54, 1.807) is 0 Å². The van der Waals surface area contributed by atoms with Crippen LogP contribution >= 0.6 is 11.5 Å².